The smallest absolute Gasteiger partial charge is 0.255 e. The van der Waals surface area contributed by atoms with Crippen LogP contribution in [0.1, 0.15) is 15.9 Å². The molecule has 2 aliphatic rings. The summed E-state index contributed by atoms with van der Waals surface area (Å²) in [6.45, 7) is 1.38. The van der Waals surface area contributed by atoms with Crippen molar-refractivity contribution in [1.82, 2.24) is 0 Å². The molecule has 0 saturated carbocycles. The molecule has 2 heterocycles. The molecule has 0 spiro atoms. The number of anilines is 2. The number of carbonyl (C=O) groups is 1. The zero-order chi connectivity index (χ0) is 19.9. The lowest BCUT2D eigenvalue weighted by atomic mass is 10.1. The van der Waals surface area contributed by atoms with Crippen LogP contribution in [-0.4, -0.2) is 46.6 Å². The van der Waals surface area contributed by atoms with E-state index in [2.05, 4.69) is 5.32 Å². The number of nitrogens with zero attached hydrogens (tertiary/aromatic N) is 1. The van der Waals surface area contributed by atoms with E-state index in [1.807, 2.05) is 12.3 Å². The number of sulfonamides is 1. The molecule has 0 atom stereocenters. The number of benzene rings is 2. The molecule has 148 valence electrons. The van der Waals surface area contributed by atoms with Crippen LogP contribution in [0.4, 0.5) is 11.4 Å². The number of ether oxygens (including phenoxy) is 2. The van der Waals surface area contributed by atoms with Crippen LogP contribution in [0.25, 0.3) is 0 Å². The van der Waals surface area contributed by atoms with Crippen molar-refractivity contribution < 1.29 is 22.7 Å². The Morgan fingerprint density at radius 2 is 1.86 bits per heavy atom. The van der Waals surface area contributed by atoms with Gasteiger partial charge in [-0.3, -0.25) is 9.10 Å². The molecular weight excluding hydrogens is 400 g/mol. The van der Waals surface area contributed by atoms with Crippen molar-refractivity contribution in [2.45, 2.75) is 11.3 Å². The van der Waals surface area contributed by atoms with Gasteiger partial charge < -0.3 is 14.8 Å². The molecule has 2 aliphatic heterocycles. The van der Waals surface area contributed by atoms with E-state index >= 15 is 0 Å². The fourth-order valence-corrected chi connectivity index (χ4v) is 4.90. The van der Waals surface area contributed by atoms with Crippen LogP contribution >= 0.6 is 11.8 Å². The fraction of sp³-hybridized carbons (Fsp3) is 0.316. The molecule has 0 unspecified atom stereocenters. The summed E-state index contributed by atoms with van der Waals surface area (Å²) in [6.07, 6.45) is 3.70. The molecule has 2 aromatic rings. The number of amides is 1. The van der Waals surface area contributed by atoms with Crippen molar-refractivity contribution in [2.24, 2.45) is 0 Å². The summed E-state index contributed by atoms with van der Waals surface area (Å²) in [7, 11) is -3.31. The second kappa shape index (κ2) is 7.21. The minimum atomic E-state index is -3.31. The maximum atomic E-state index is 12.8. The molecule has 0 radical (unpaired) electrons. The predicted octanol–water partition coefficient (Wildman–Crippen LogP) is 2.75. The number of fused-ring (bicyclic) bond motifs is 2. The van der Waals surface area contributed by atoms with Crippen LogP contribution in [0, 0.1) is 0 Å². The Balaban J connectivity index is 1.60. The van der Waals surface area contributed by atoms with Gasteiger partial charge >= 0.3 is 0 Å². The largest absolute Gasteiger partial charge is 0.486 e. The monoisotopic (exact) mass is 420 g/mol. The quantitative estimate of drug-likeness (QED) is 0.766. The first-order valence-corrected chi connectivity index (χ1v) is 11.8. The van der Waals surface area contributed by atoms with Crippen molar-refractivity contribution >= 4 is 39.1 Å². The van der Waals surface area contributed by atoms with Crippen molar-refractivity contribution in [3.63, 3.8) is 0 Å². The third-order valence-electron chi connectivity index (χ3n) is 4.71. The molecule has 28 heavy (non-hydrogen) atoms. The number of hydrogen-bond donors (Lipinski definition) is 1. The van der Waals surface area contributed by atoms with E-state index in [1.54, 1.807) is 24.3 Å². The third-order valence-corrected chi connectivity index (χ3v) is 6.66. The summed E-state index contributed by atoms with van der Waals surface area (Å²) in [5, 5.41) is 2.93. The van der Waals surface area contributed by atoms with Crippen molar-refractivity contribution in [3.05, 3.63) is 41.5 Å². The van der Waals surface area contributed by atoms with E-state index in [-0.39, 0.29) is 5.91 Å². The normalized spacial score (nSPS) is 15.3. The average molecular weight is 421 g/mol. The Hall–Kier alpha value is -2.39. The van der Waals surface area contributed by atoms with E-state index in [4.69, 9.17) is 9.47 Å². The minimum Gasteiger partial charge on any atom is -0.486 e. The highest BCUT2D eigenvalue weighted by molar-refractivity contribution is 7.98. The molecule has 9 heteroatoms. The molecule has 0 saturated heterocycles. The van der Waals surface area contributed by atoms with E-state index in [1.165, 1.54) is 22.3 Å². The summed E-state index contributed by atoms with van der Waals surface area (Å²) >= 11 is 1.50. The summed E-state index contributed by atoms with van der Waals surface area (Å²) in [5.41, 5.74) is 2.63. The zero-order valence-electron chi connectivity index (χ0n) is 15.5. The Bertz CT molecular complexity index is 1050. The first-order chi connectivity index (χ1) is 13.4. The Labute approximate surface area is 168 Å². The Kier molecular flexibility index (Phi) is 4.88. The summed E-state index contributed by atoms with van der Waals surface area (Å²) in [6, 6.07) is 8.73. The summed E-state index contributed by atoms with van der Waals surface area (Å²) < 4.78 is 36.3. The average Bonchev–Trinajstić information content (AvgIpc) is 3.11. The summed E-state index contributed by atoms with van der Waals surface area (Å²) in [5.74, 6) is 1.02. The molecule has 0 aromatic heterocycles. The van der Waals surface area contributed by atoms with Crippen LogP contribution in [0.15, 0.2) is 35.2 Å². The van der Waals surface area contributed by atoms with E-state index in [9.17, 15) is 13.2 Å². The molecule has 0 fully saturated rings. The molecule has 1 amide bonds. The highest BCUT2D eigenvalue weighted by atomic mass is 32.2. The van der Waals surface area contributed by atoms with Gasteiger partial charge in [0.15, 0.2) is 11.5 Å². The molecule has 7 nitrogen and oxygen atoms in total. The number of hydrogen-bond acceptors (Lipinski definition) is 6. The molecule has 2 aromatic carbocycles. The van der Waals surface area contributed by atoms with Crippen LogP contribution in [-0.2, 0) is 16.4 Å². The van der Waals surface area contributed by atoms with Gasteiger partial charge in [-0.1, -0.05) is 0 Å². The number of nitrogens with one attached hydrogen (secondary N) is 1. The number of thioether (sulfide) groups is 1. The third kappa shape index (κ3) is 3.51. The lowest BCUT2D eigenvalue weighted by Gasteiger charge is -2.21. The van der Waals surface area contributed by atoms with Gasteiger partial charge in [0.1, 0.15) is 13.2 Å². The van der Waals surface area contributed by atoms with Crippen molar-refractivity contribution in [1.29, 1.82) is 0 Å². The minimum absolute atomic E-state index is 0.257. The van der Waals surface area contributed by atoms with Gasteiger partial charge in [0.05, 0.1) is 17.6 Å². The predicted molar refractivity (Wildman–Crippen MR) is 110 cm³/mol. The van der Waals surface area contributed by atoms with E-state index < -0.39 is 10.0 Å². The van der Waals surface area contributed by atoms with E-state index in [0.717, 1.165) is 10.5 Å². The lowest BCUT2D eigenvalue weighted by molar-refractivity contribution is 0.102. The maximum absolute atomic E-state index is 12.8. The number of carbonyl (C=O) groups excluding carboxylic acids is 1. The van der Waals surface area contributed by atoms with Gasteiger partial charge in [0, 0.05) is 23.1 Å². The first-order valence-electron chi connectivity index (χ1n) is 8.76. The Morgan fingerprint density at radius 3 is 2.54 bits per heavy atom. The van der Waals surface area contributed by atoms with Crippen molar-refractivity contribution in [2.75, 3.05) is 41.9 Å². The highest BCUT2D eigenvalue weighted by Crippen LogP contribution is 2.39. The molecular formula is C19H20N2O5S2. The second-order valence-corrected chi connectivity index (χ2v) is 9.33. The van der Waals surface area contributed by atoms with Gasteiger partial charge in [-0.15, -0.1) is 11.8 Å². The standard InChI is InChI=1S/C19H20N2O5S2/c1-27-18-11-17-16(25-7-8-26-17)10-14(18)20-19(22)13-3-4-15-12(9-13)5-6-21(15)28(2,23)24/h3-4,9-11H,5-8H2,1-2H3,(H,20,22). The van der Waals surface area contributed by atoms with Gasteiger partial charge in [-0.25, -0.2) is 8.42 Å². The van der Waals surface area contributed by atoms with Crippen LogP contribution < -0.4 is 19.1 Å². The molecule has 0 bridgehead atoms. The second-order valence-electron chi connectivity index (χ2n) is 6.58. The van der Waals surface area contributed by atoms with Crippen LogP contribution in [0.5, 0.6) is 11.5 Å². The van der Waals surface area contributed by atoms with Gasteiger partial charge in [-0.05, 0) is 42.5 Å². The lowest BCUT2D eigenvalue weighted by Crippen LogP contribution is -2.27. The number of rotatable bonds is 4. The molecule has 4 rings (SSSR count). The SMILES string of the molecule is CSc1cc2c(cc1NC(=O)c1ccc3c(c1)CCN3S(C)(=O)=O)OCCO2. The van der Waals surface area contributed by atoms with E-state index in [0.29, 0.717) is 54.6 Å². The maximum Gasteiger partial charge on any atom is 0.255 e. The van der Waals surface area contributed by atoms with Crippen molar-refractivity contribution in [3.8, 4) is 11.5 Å². The fourth-order valence-electron chi connectivity index (χ4n) is 3.39. The first kappa shape index (κ1) is 18.9. The highest BCUT2D eigenvalue weighted by Gasteiger charge is 2.27. The van der Waals surface area contributed by atoms with Gasteiger partial charge in [0.25, 0.3) is 5.91 Å². The molecule has 1 N–H and O–H groups in total. The topological polar surface area (TPSA) is 84.9 Å². The van der Waals surface area contributed by atoms with Crippen LogP contribution in [0.3, 0.4) is 0 Å². The zero-order valence-corrected chi connectivity index (χ0v) is 17.2. The molecule has 0 aliphatic carbocycles. The van der Waals surface area contributed by atoms with Crippen LogP contribution in [0.2, 0.25) is 0 Å². The van der Waals surface area contributed by atoms with Gasteiger partial charge in [-0.2, -0.15) is 0 Å². The van der Waals surface area contributed by atoms with Gasteiger partial charge in [0.2, 0.25) is 10.0 Å². The summed E-state index contributed by atoms with van der Waals surface area (Å²) in [4.78, 5) is 13.7. The Morgan fingerprint density at radius 1 is 1.14 bits per heavy atom.